The fourth-order valence-electron chi connectivity index (χ4n) is 3.40. The number of ether oxygens (including phenoxy) is 1. The maximum absolute atomic E-state index is 12.2. The van der Waals surface area contributed by atoms with Crippen LogP contribution in [0.3, 0.4) is 0 Å². The molecule has 30 heavy (non-hydrogen) atoms. The number of aromatic amines is 1. The molecule has 0 saturated heterocycles. The molecule has 2 aromatic carbocycles. The van der Waals surface area contributed by atoms with Crippen molar-refractivity contribution in [2.24, 2.45) is 0 Å². The molecule has 5 rings (SSSR count). The predicted octanol–water partition coefficient (Wildman–Crippen LogP) is 4.57. The van der Waals surface area contributed by atoms with E-state index in [1.165, 1.54) is 11.8 Å². The van der Waals surface area contributed by atoms with E-state index in [4.69, 9.17) is 4.74 Å². The fraction of sp³-hybridized carbons (Fsp3) is 0.130. The lowest BCUT2D eigenvalue weighted by molar-refractivity contribution is 0.442. The highest BCUT2D eigenvalue weighted by molar-refractivity contribution is 5.81. The second-order valence-electron chi connectivity index (χ2n) is 7.39. The maximum atomic E-state index is 12.2. The summed E-state index contributed by atoms with van der Waals surface area (Å²) < 4.78 is 7.64. The van der Waals surface area contributed by atoms with Crippen LogP contribution in [0.2, 0.25) is 0 Å². The van der Waals surface area contributed by atoms with E-state index in [0.717, 1.165) is 16.6 Å². The predicted molar refractivity (Wildman–Crippen MR) is 115 cm³/mol. The first kappa shape index (κ1) is 18.1. The summed E-state index contributed by atoms with van der Waals surface area (Å²) in [6, 6.07) is 15.6. The van der Waals surface area contributed by atoms with E-state index >= 15 is 0 Å². The van der Waals surface area contributed by atoms with Crippen LogP contribution in [0.4, 0.5) is 0 Å². The minimum atomic E-state index is -0.266. The molecule has 0 atom stereocenters. The Morgan fingerprint density at radius 3 is 2.67 bits per heavy atom. The van der Waals surface area contributed by atoms with Gasteiger partial charge >= 0.3 is 6.01 Å². The zero-order valence-corrected chi connectivity index (χ0v) is 16.5. The van der Waals surface area contributed by atoms with Gasteiger partial charge in [0.05, 0.1) is 34.5 Å². The molecule has 3 aromatic heterocycles. The molecule has 5 aromatic rings. The Morgan fingerprint density at radius 2 is 1.87 bits per heavy atom. The van der Waals surface area contributed by atoms with Crippen LogP contribution in [0.1, 0.15) is 25.3 Å². The summed E-state index contributed by atoms with van der Waals surface area (Å²) >= 11 is 0. The number of rotatable bonds is 4. The van der Waals surface area contributed by atoms with Crippen molar-refractivity contribution in [3.8, 4) is 17.4 Å². The summed E-state index contributed by atoms with van der Waals surface area (Å²) in [5.41, 5.74) is 3.47. The van der Waals surface area contributed by atoms with Crippen LogP contribution in [0, 0.1) is 0 Å². The van der Waals surface area contributed by atoms with E-state index in [9.17, 15) is 4.79 Å². The van der Waals surface area contributed by atoms with E-state index in [2.05, 4.69) is 52.1 Å². The third kappa shape index (κ3) is 3.20. The molecule has 148 valence electrons. The van der Waals surface area contributed by atoms with Gasteiger partial charge in [0.15, 0.2) is 0 Å². The standard InChI is InChI=1S/C23H19N5O2/c1-14(2)15-3-8-21-16(11-15)12-25-28(21)17-4-6-18(7-5-17)30-23-26-20-13-24-10-9-19(20)22(29)27-23/h3-14H,1-2H3,(H,26,27,29). The summed E-state index contributed by atoms with van der Waals surface area (Å²) in [5, 5.41) is 6.11. The van der Waals surface area contributed by atoms with Gasteiger partial charge in [-0.25, -0.2) is 4.68 Å². The number of hydrogen-bond donors (Lipinski definition) is 1. The Hall–Kier alpha value is -4.00. The van der Waals surface area contributed by atoms with Crippen molar-refractivity contribution >= 4 is 21.8 Å². The molecule has 0 saturated carbocycles. The quantitative estimate of drug-likeness (QED) is 0.480. The van der Waals surface area contributed by atoms with Crippen molar-refractivity contribution in [3.05, 3.63) is 83.0 Å². The number of aromatic nitrogens is 5. The molecule has 0 aliphatic heterocycles. The molecule has 3 heterocycles. The second-order valence-corrected chi connectivity index (χ2v) is 7.39. The minimum absolute atomic E-state index is 0.124. The monoisotopic (exact) mass is 397 g/mol. The number of benzene rings is 2. The average molecular weight is 397 g/mol. The second kappa shape index (κ2) is 7.11. The summed E-state index contributed by atoms with van der Waals surface area (Å²) in [4.78, 5) is 23.1. The van der Waals surface area contributed by atoms with Gasteiger partial charge in [-0.1, -0.05) is 19.9 Å². The van der Waals surface area contributed by atoms with Gasteiger partial charge in [-0.05, 0) is 53.9 Å². The van der Waals surface area contributed by atoms with Gasteiger partial charge in [0.25, 0.3) is 5.56 Å². The Morgan fingerprint density at radius 1 is 1.03 bits per heavy atom. The molecule has 7 nitrogen and oxygen atoms in total. The Balaban J connectivity index is 1.44. The third-order valence-corrected chi connectivity index (χ3v) is 5.04. The van der Waals surface area contributed by atoms with Crippen molar-refractivity contribution in [1.29, 1.82) is 0 Å². The smallest absolute Gasteiger partial charge is 0.302 e. The first-order valence-electron chi connectivity index (χ1n) is 9.68. The number of fused-ring (bicyclic) bond motifs is 2. The zero-order chi connectivity index (χ0) is 20.7. The van der Waals surface area contributed by atoms with E-state index in [0.29, 0.717) is 22.6 Å². The highest BCUT2D eigenvalue weighted by Gasteiger charge is 2.09. The molecule has 0 fully saturated rings. The van der Waals surface area contributed by atoms with Crippen molar-refractivity contribution in [2.45, 2.75) is 19.8 Å². The minimum Gasteiger partial charge on any atom is -0.426 e. The number of nitrogens with one attached hydrogen (secondary N) is 1. The molecule has 7 heteroatoms. The Kier molecular flexibility index (Phi) is 4.28. The van der Waals surface area contributed by atoms with Crippen LogP contribution in [-0.4, -0.2) is 24.7 Å². The first-order valence-corrected chi connectivity index (χ1v) is 9.68. The van der Waals surface area contributed by atoms with Crippen LogP contribution < -0.4 is 10.3 Å². The zero-order valence-electron chi connectivity index (χ0n) is 16.5. The lowest BCUT2D eigenvalue weighted by atomic mass is 10.0. The highest BCUT2D eigenvalue weighted by atomic mass is 16.5. The van der Waals surface area contributed by atoms with Gasteiger partial charge in [0.2, 0.25) is 0 Å². The lowest BCUT2D eigenvalue weighted by Crippen LogP contribution is -2.09. The Bertz CT molecular complexity index is 1420. The van der Waals surface area contributed by atoms with Crippen LogP contribution in [0.5, 0.6) is 11.8 Å². The van der Waals surface area contributed by atoms with Crippen molar-refractivity contribution in [1.82, 2.24) is 24.7 Å². The number of H-pyrrole nitrogens is 1. The van der Waals surface area contributed by atoms with Gasteiger partial charge in [-0.3, -0.25) is 14.8 Å². The third-order valence-electron chi connectivity index (χ3n) is 5.04. The summed E-state index contributed by atoms with van der Waals surface area (Å²) in [6.45, 7) is 4.36. The molecule has 0 aliphatic rings. The summed E-state index contributed by atoms with van der Waals surface area (Å²) in [6.07, 6.45) is 4.97. The van der Waals surface area contributed by atoms with Crippen LogP contribution in [-0.2, 0) is 0 Å². The van der Waals surface area contributed by atoms with Crippen molar-refractivity contribution in [2.75, 3.05) is 0 Å². The van der Waals surface area contributed by atoms with E-state index < -0.39 is 0 Å². The number of pyridine rings is 1. The normalized spacial score (nSPS) is 11.4. The lowest BCUT2D eigenvalue weighted by Gasteiger charge is -2.08. The first-order chi connectivity index (χ1) is 14.6. The molecule has 0 amide bonds. The van der Waals surface area contributed by atoms with E-state index in [-0.39, 0.29) is 11.6 Å². The summed E-state index contributed by atoms with van der Waals surface area (Å²) in [7, 11) is 0. The van der Waals surface area contributed by atoms with Gasteiger partial charge in [0.1, 0.15) is 5.75 Å². The van der Waals surface area contributed by atoms with E-state index in [1.54, 1.807) is 12.3 Å². The number of nitrogens with zero attached hydrogens (tertiary/aromatic N) is 4. The van der Waals surface area contributed by atoms with E-state index in [1.807, 2.05) is 35.1 Å². The molecule has 1 N–H and O–H groups in total. The largest absolute Gasteiger partial charge is 0.426 e. The summed E-state index contributed by atoms with van der Waals surface area (Å²) in [5.74, 6) is 1.03. The van der Waals surface area contributed by atoms with Crippen LogP contribution in [0.15, 0.2) is 71.9 Å². The fourth-order valence-corrected chi connectivity index (χ4v) is 3.40. The van der Waals surface area contributed by atoms with Gasteiger partial charge in [0, 0.05) is 11.6 Å². The molecule has 0 spiro atoms. The van der Waals surface area contributed by atoms with Gasteiger partial charge < -0.3 is 4.74 Å². The van der Waals surface area contributed by atoms with Gasteiger partial charge in [-0.2, -0.15) is 10.1 Å². The van der Waals surface area contributed by atoms with Crippen molar-refractivity contribution in [3.63, 3.8) is 0 Å². The van der Waals surface area contributed by atoms with Crippen LogP contribution >= 0.6 is 0 Å². The maximum Gasteiger partial charge on any atom is 0.302 e. The van der Waals surface area contributed by atoms with Crippen LogP contribution in [0.25, 0.3) is 27.5 Å². The Labute approximate surface area is 172 Å². The highest BCUT2D eigenvalue weighted by Crippen LogP contribution is 2.25. The topological polar surface area (TPSA) is 85.7 Å². The van der Waals surface area contributed by atoms with Crippen molar-refractivity contribution < 1.29 is 4.74 Å². The number of hydrogen-bond acceptors (Lipinski definition) is 5. The molecule has 0 unspecified atom stereocenters. The molecular formula is C23H19N5O2. The molecule has 0 aliphatic carbocycles. The molecule has 0 radical (unpaired) electrons. The molecule has 0 bridgehead atoms. The average Bonchev–Trinajstić information content (AvgIpc) is 3.17. The van der Waals surface area contributed by atoms with Gasteiger partial charge in [-0.15, -0.1) is 0 Å². The SMILES string of the molecule is CC(C)c1ccc2c(cnn2-c2ccc(Oc3nc4cnccc4c(=O)[nH]3)cc2)c1. The molecular weight excluding hydrogens is 378 g/mol.